The van der Waals surface area contributed by atoms with Gasteiger partial charge in [0.15, 0.2) is 0 Å². The first-order chi connectivity index (χ1) is 10.1. The third kappa shape index (κ3) is 2.91. The minimum Gasteiger partial charge on any atom is -0.489 e. The average Bonchev–Trinajstić information content (AvgIpc) is 2.84. The van der Waals surface area contributed by atoms with Crippen molar-refractivity contribution in [2.45, 2.75) is 26.5 Å². The molecular formula is C18H18ClNO. The number of benzene rings is 2. The van der Waals surface area contributed by atoms with E-state index in [1.54, 1.807) is 0 Å². The number of para-hydroxylation sites is 1. The van der Waals surface area contributed by atoms with Gasteiger partial charge in [-0.15, -0.1) is 0 Å². The Hall–Kier alpha value is -1.93. The van der Waals surface area contributed by atoms with Gasteiger partial charge in [-0.05, 0) is 38.1 Å². The van der Waals surface area contributed by atoms with Gasteiger partial charge in [0.2, 0.25) is 0 Å². The Kier molecular flexibility index (Phi) is 3.89. The van der Waals surface area contributed by atoms with E-state index in [2.05, 4.69) is 48.9 Å². The van der Waals surface area contributed by atoms with Gasteiger partial charge in [0.1, 0.15) is 12.4 Å². The zero-order valence-corrected chi connectivity index (χ0v) is 13.0. The van der Waals surface area contributed by atoms with E-state index in [-0.39, 0.29) is 0 Å². The van der Waals surface area contributed by atoms with Crippen LogP contribution in [0.2, 0.25) is 5.02 Å². The van der Waals surface area contributed by atoms with Gasteiger partial charge in [-0.3, -0.25) is 0 Å². The summed E-state index contributed by atoms with van der Waals surface area (Å²) in [6, 6.07) is 16.4. The molecule has 0 aliphatic rings. The van der Waals surface area contributed by atoms with E-state index in [0.717, 1.165) is 5.75 Å². The first-order valence-electron chi connectivity index (χ1n) is 7.12. The van der Waals surface area contributed by atoms with E-state index in [1.165, 1.54) is 16.5 Å². The van der Waals surface area contributed by atoms with Crippen molar-refractivity contribution < 1.29 is 4.74 Å². The number of nitrogens with zero attached hydrogens (tertiary/aromatic N) is 1. The maximum atomic E-state index is 5.98. The van der Waals surface area contributed by atoms with Crippen LogP contribution < -0.4 is 4.74 Å². The Balaban J connectivity index is 1.90. The smallest absolute Gasteiger partial charge is 0.121 e. The molecule has 0 aliphatic carbocycles. The summed E-state index contributed by atoms with van der Waals surface area (Å²) in [5.41, 5.74) is 2.44. The molecule has 0 radical (unpaired) electrons. The molecule has 0 fully saturated rings. The number of rotatable bonds is 4. The van der Waals surface area contributed by atoms with Gasteiger partial charge in [-0.1, -0.05) is 35.9 Å². The van der Waals surface area contributed by atoms with Crippen molar-refractivity contribution in [2.75, 3.05) is 0 Å². The lowest BCUT2D eigenvalue weighted by Crippen LogP contribution is -1.98. The van der Waals surface area contributed by atoms with Crippen LogP contribution in [0.5, 0.6) is 5.75 Å². The highest BCUT2D eigenvalue weighted by molar-refractivity contribution is 6.30. The van der Waals surface area contributed by atoms with Gasteiger partial charge in [0.25, 0.3) is 0 Å². The Labute approximate surface area is 129 Å². The predicted molar refractivity (Wildman–Crippen MR) is 88.1 cm³/mol. The molecule has 0 N–H and O–H groups in total. The largest absolute Gasteiger partial charge is 0.489 e. The molecular weight excluding hydrogens is 282 g/mol. The highest BCUT2D eigenvalue weighted by Crippen LogP contribution is 2.26. The first kappa shape index (κ1) is 14.0. The third-order valence-corrected chi connectivity index (χ3v) is 3.80. The van der Waals surface area contributed by atoms with E-state index >= 15 is 0 Å². The van der Waals surface area contributed by atoms with Crippen LogP contribution in [0.1, 0.15) is 25.5 Å². The van der Waals surface area contributed by atoms with E-state index in [0.29, 0.717) is 17.7 Å². The highest BCUT2D eigenvalue weighted by Gasteiger charge is 2.10. The molecule has 1 heterocycles. The summed E-state index contributed by atoms with van der Waals surface area (Å²) in [6.07, 6.45) is 2.18. The minimum absolute atomic E-state index is 0.426. The maximum absolute atomic E-state index is 5.98. The zero-order chi connectivity index (χ0) is 14.8. The fraction of sp³-hybridized carbons (Fsp3) is 0.222. The van der Waals surface area contributed by atoms with Gasteiger partial charge in [0, 0.05) is 33.7 Å². The normalized spacial score (nSPS) is 11.2. The van der Waals surface area contributed by atoms with Crippen LogP contribution in [0.25, 0.3) is 10.9 Å². The molecule has 3 heteroatoms. The fourth-order valence-corrected chi connectivity index (χ4v) is 2.72. The highest BCUT2D eigenvalue weighted by atomic mass is 35.5. The van der Waals surface area contributed by atoms with Crippen molar-refractivity contribution in [2.24, 2.45) is 0 Å². The van der Waals surface area contributed by atoms with Crippen molar-refractivity contribution in [3.8, 4) is 5.75 Å². The second-order valence-corrected chi connectivity index (χ2v) is 5.85. The van der Waals surface area contributed by atoms with E-state index in [1.807, 2.05) is 24.3 Å². The van der Waals surface area contributed by atoms with Gasteiger partial charge < -0.3 is 9.30 Å². The van der Waals surface area contributed by atoms with Crippen molar-refractivity contribution >= 4 is 22.5 Å². The van der Waals surface area contributed by atoms with Crippen LogP contribution in [0, 0.1) is 0 Å². The lowest BCUT2D eigenvalue weighted by atomic mass is 10.2. The summed E-state index contributed by atoms with van der Waals surface area (Å²) in [5, 5.41) is 1.94. The Morgan fingerprint density at radius 2 is 1.90 bits per heavy atom. The van der Waals surface area contributed by atoms with E-state index < -0.39 is 0 Å². The molecule has 0 aliphatic heterocycles. The Bertz CT molecular complexity index is 761. The monoisotopic (exact) mass is 299 g/mol. The lowest BCUT2D eigenvalue weighted by molar-refractivity contribution is 0.307. The topological polar surface area (TPSA) is 14.2 Å². The number of hydrogen-bond acceptors (Lipinski definition) is 1. The fourth-order valence-electron chi connectivity index (χ4n) is 2.54. The van der Waals surface area contributed by atoms with Gasteiger partial charge in [-0.2, -0.15) is 0 Å². The maximum Gasteiger partial charge on any atom is 0.121 e. The lowest BCUT2D eigenvalue weighted by Gasteiger charge is -2.08. The van der Waals surface area contributed by atoms with Crippen molar-refractivity contribution in [1.82, 2.24) is 4.57 Å². The van der Waals surface area contributed by atoms with E-state index in [9.17, 15) is 0 Å². The second kappa shape index (κ2) is 5.82. The Morgan fingerprint density at radius 1 is 1.10 bits per heavy atom. The van der Waals surface area contributed by atoms with E-state index in [4.69, 9.17) is 16.3 Å². The number of fused-ring (bicyclic) bond motifs is 1. The van der Waals surface area contributed by atoms with Crippen LogP contribution >= 0.6 is 11.6 Å². The van der Waals surface area contributed by atoms with Gasteiger partial charge >= 0.3 is 0 Å². The van der Waals surface area contributed by atoms with Crippen LogP contribution in [0.15, 0.2) is 54.7 Å². The SMILES string of the molecule is CC(C)n1cc(COc2cccc(Cl)c2)c2ccccc21. The number of ether oxygens (including phenoxy) is 1. The summed E-state index contributed by atoms with van der Waals surface area (Å²) < 4.78 is 8.16. The molecule has 3 aromatic rings. The van der Waals surface area contributed by atoms with Gasteiger partial charge in [0.05, 0.1) is 0 Å². The molecule has 0 atom stereocenters. The zero-order valence-electron chi connectivity index (χ0n) is 12.2. The molecule has 0 bridgehead atoms. The Morgan fingerprint density at radius 3 is 2.67 bits per heavy atom. The summed E-state index contributed by atoms with van der Waals surface area (Å²) in [6.45, 7) is 4.92. The second-order valence-electron chi connectivity index (χ2n) is 5.42. The summed E-state index contributed by atoms with van der Waals surface area (Å²) in [5.74, 6) is 0.795. The molecule has 0 spiro atoms. The van der Waals surface area contributed by atoms with Crippen LogP contribution in [-0.4, -0.2) is 4.57 Å². The standard InChI is InChI=1S/C18H18ClNO/c1-13(2)20-11-14(17-8-3-4-9-18(17)20)12-21-16-7-5-6-15(19)10-16/h3-11,13H,12H2,1-2H3. The molecule has 0 saturated heterocycles. The van der Waals surface area contributed by atoms with Crippen molar-refractivity contribution in [3.05, 3.63) is 65.3 Å². The van der Waals surface area contributed by atoms with Crippen LogP contribution in [-0.2, 0) is 6.61 Å². The number of aromatic nitrogens is 1. The molecule has 1 aromatic heterocycles. The first-order valence-corrected chi connectivity index (χ1v) is 7.50. The van der Waals surface area contributed by atoms with Crippen LogP contribution in [0.4, 0.5) is 0 Å². The number of hydrogen-bond donors (Lipinski definition) is 0. The molecule has 3 rings (SSSR count). The summed E-state index contributed by atoms with van der Waals surface area (Å²) in [7, 11) is 0. The summed E-state index contributed by atoms with van der Waals surface area (Å²) in [4.78, 5) is 0. The average molecular weight is 300 g/mol. The molecule has 0 saturated carbocycles. The molecule has 0 unspecified atom stereocenters. The third-order valence-electron chi connectivity index (χ3n) is 3.57. The quantitative estimate of drug-likeness (QED) is 0.624. The molecule has 2 aromatic carbocycles. The van der Waals surface area contributed by atoms with Crippen molar-refractivity contribution in [3.63, 3.8) is 0 Å². The molecule has 2 nitrogen and oxygen atoms in total. The molecule has 108 valence electrons. The minimum atomic E-state index is 0.426. The van der Waals surface area contributed by atoms with Crippen LogP contribution in [0.3, 0.4) is 0 Å². The molecule has 21 heavy (non-hydrogen) atoms. The van der Waals surface area contributed by atoms with Crippen molar-refractivity contribution in [1.29, 1.82) is 0 Å². The summed E-state index contributed by atoms with van der Waals surface area (Å²) >= 11 is 5.98. The molecule has 0 amide bonds. The number of halogens is 1. The predicted octanol–water partition coefficient (Wildman–Crippen LogP) is 5.45. The van der Waals surface area contributed by atoms with Gasteiger partial charge in [-0.25, -0.2) is 0 Å².